The molecule has 0 heterocycles. The van der Waals surface area contributed by atoms with Gasteiger partial charge in [0.05, 0.1) is 14.5 Å². The molecule has 3 nitrogen and oxygen atoms in total. The Balaban J connectivity index is 2.97. The highest BCUT2D eigenvalue weighted by Crippen LogP contribution is 2.36. The van der Waals surface area contributed by atoms with Gasteiger partial charge in [-0.05, 0) is 18.8 Å². The summed E-state index contributed by atoms with van der Waals surface area (Å²) in [6.07, 6.45) is 3.92. The van der Waals surface area contributed by atoms with E-state index >= 15 is 0 Å². The zero-order chi connectivity index (χ0) is 13.1. The van der Waals surface area contributed by atoms with Gasteiger partial charge in [-0.15, -0.1) is 0 Å². The van der Waals surface area contributed by atoms with Crippen LogP contribution in [0.4, 0.5) is 0 Å². The van der Waals surface area contributed by atoms with Crippen LogP contribution in [0.3, 0.4) is 0 Å². The number of carbonyl (C=O) groups excluding carboxylic acids is 1. The van der Waals surface area contributed by atoms with Crippen LogP contribution in [0.5, 0.6) is 0 Å². The Morgan fingerprint density at radius 1 is 1.41 bits per heavy atom. The van der Waals surface area contributed by atoms with Crippen molar-refractivity contribution in [3.63, 3.8) is 0 Å². The molecule has 0 spiro atoms. The van der Waals surface area contributed by atoms with Gasteiger partial charge in [-0.3, -0.25) is 4.79 Å². The normalized spacial score (nSPS) is 28.1. The minimum absolute atomic E-state index is 0.0418. The van der Waals surface area contributed by atoms with Crippen LogP contribution < -0.4 is 0 Å². The molecule has 1 fully saturated rings. The fourth-order valence-corrected chi connectivity index (χ4v) is 3.97. The van der Waals surface area contributed by atoms with Gasteiger partial charge < -0.3 is 9.90 Å². The summed E-state index contributed by atoms with van der Waals surface area (Å²) in [6, 6.07) is 0. The number of carbonyl (C=O) groups is 2. The number of allylic oxidation sites excluding steroid dienone is 1. The van der Waals surface area contributed by atoms with Crippen LogP contribution in [-0.4, -0.2) is 25.4 Å². The highest BCUT2D eigenvalue weighted by Gasteiger charge is 2.30. The van der Waals surface area contributed by atoms with Gasteiger partial charge in [-0.2, -0.15) is 0 Å². The maximum Gasteiger partial charge on any atom is 0.303 e. The molecule has 0 bridgehead atoms. The van der Waals surface area contributed by atoms with Gasteiger partial charge in [0.1, 0.15) is 6.29 Å². The molecule has 0 aromatic carbocycles. The van der Waals surface area contributed by atoms with E-state index in [0.717, 1.165) is 31.1 Å². The minimum atomic E-state index is -1.41. The second-order valence-corrected chi connectivity index (χ2v) is 11.0. The van der Waals surface area contributed by atoms with Crippen molar-refractivity contribution in [1.82, 2.24) is 0 Å². The maximum absolute atomic E-state index is 11.1. The lowest BCUT2D eigenvalue weighted by atomic mass is 9.77. The number of carboxylic acid groups (broad SMARTS) is 1. The Hall–Kier alpha value is -0.903. The van der Waals surface area contributed by atoms with E-state index in [0.29, 0.717) is 0 Å². The van der Waals surface area contributed by atoms with Crippen LogP contribution in [0, 0.1) is 11.8 Å². The topological polar surface area (TPSA) is 54.4 Å². The summed E-state index contributed by atoms with van der Waals surface area (Å²) in [7, 11) is -1.41. The van der Waals surface area contributed by atoms with Crippen LogP contribution >= 0.6 is 0 Å². The molecule has 96 valence electrons. The van der Waals surface area contributed by atoms with E-state index < -0.39 is 14.0 Å². The van der Waals surface area contributed by atoms with Gasteiger partial charge in [-0.1, -0.05) is 37.3 Å². The summed E-state index contributed by atoms with van der Waals surface area (Å²) < 4.78 is 0. The molecule has 0 aromatic rings. The first-order valence-corrected chi connectivity index (χ1v) is 9.81. The summed E-state index contributed by atoms with van der Waals surface area (Å²) in [5.74, 6) is -0.731. The number of hydrogen-bond donors (Lipinski definition) is 1. The van der Waals surface area contributed by atoms with E-state index in [1.165, 1.54) is 0 Å². The first-order valence-electron chi connectivity index (χ1n) is 6.23. The van der Waals surface area contributed by atoms with Crippen LogP contribution in [0.1, 0.15) is 25.7 Å². The number of aliphatic carboxylic acids is 1. The third-order valence-electron chi connectivity index (χ3n) is 3.15. The van der Waals surface area contributed by atoms with Crippen molar-refractivity contribution in [2.75, 3.05) is 0 Å². The Morgan fingerprint density at radius 3 is 2.53 bits per heavy atom. The maximum atomic E-state index is 11.1. The van der Waals surface area contributed by atoms with Crippen LogP contribution in [-0.2, 0) is 9.59 Å². The highest BCUT2D eigenvalue weighted by atomic mass is 28.3. The summed E-state index contributed by atoms with van der Waals surface area (Å²) in [6.45, 7) is 6.65. The monoisotopic (exact) mass is 254 g/mol. The molecule has 17 heavy (non-hydrogen) atoms. The molecular formula is C13H22O3Si. The number of aldehydes is 1. The van der Waals surface area contributed by atoms with Crippen molar-refractivity contribution in [3.8, 4) is 0 Å². The van der Waals surface area contributed by atoms with Crippen molar-refractivity contribution in [2.45, 2.75) is 45.3 Å². The van der Waals surface area contributed by atoms with E-state index in [1.807, 2.05) is 0 Å². The molecule has 0 radical (unpaired) electrons. The Morgan fingerprint density at radius 2 is 2.06 bits per heavy atom. The van der Waals surface area contributed by atoms with E-state index in [-0.39, 0.29) is 18.3 Å². The Kier molecular flexibility index (Phi) is 4.68. The molecule has 2 atom stereocenters. The molecule has 0 aromatic heterocycles. The molecule has 1 aliphatic rings. The Bertz CT molecular complexity index is 328. The summed E-state index contributed by atoms with van der Waals surface area (Å²) in [5.41, 5.74) is 3.34. The first-order chi connectivity index (χ1) is 7.83. The van der Waals surface area contributed by atoms with Crippen molar-refractivity contribution in [1.29, 1.82) is 0 Å². The van der Waals surface area contributed by atoms with Gasteiger partial charge in [0.25, 0.3) is 0 Å². The van der Waals surface area contributed by atoms with Crippen LogP contribution in [0.15, 0.2) is 11.3 Å². The average Bonchev–Trinajstić information content (AvgIpc) is 2.17. The van der Waals surface area contributed by atoms with Crippen molar-refractivity contribution in [2.24, 2.45) is 11.8 Å². The summed E-state index contributed by atoms with van der Waals surface area (Å²) in [5, 5.41) is 8.94. The number of rotatable bonds is 4. The third kappa shape index (κ3) is 4.46. The smallest absolute Gasteiger partial charge is 0.303 e. The van der Waals surface area contributed by atoms with Crippen molar-refractivity contribution >= 4 is 20.3 Å². The first kappa shape index (κ1) is 14.2. The largest absolute Gasteiger partial charge is 0.481 e. The van der Waals surface area contributed by atoms with Crippen LogP contribution in [0.2, 0.25) is 19.6 Å². The van der Waals surface area contributed by atoms with Gasteiger partial charge in [0.15, 0.2) is 0 Å². The Labute approximate surface area is 104 Å². The molecule has 1 saturated carbocycles. The molecule has 0 unspecified atom stereocenters. The van der Waals surface area contributed by atoms with Crippen molar-refractivity contribution in [3.05, 3.63) is 11.3 Å². The number of hydrogen-bond acceptors (Lipinski definition) is 2. The number of carboxylic acids is 1. The molecule has 0 aliphatic heterocycles. The zero-order valence-electron chi connectivity index (χ0n) is 10.9. The SMILES string of the molecule is C[Si](C)(C)/C=C1/[C@@H](CC(=O)O)CCC[C@H]1C=O. The van der Waals surface area contributed by atoms with E-state index in [1.54, 1.807) is 0 Å². The molecule has 4 heteroatoms. The molecule has 1 aliphatic carbocycles. The van der Waals surface area contributed by atoms with Gasteiger partial charge >= 0.3 is 5.97 Å². The van der Waals surface area contributed by atoms with Gasteiger partial charge in [-0.25, -0.2) is 0 Å². The highest BCUT2D eigenvalue weighted by molar-refractivity contribution is 6.81. The molecule has 0 amide bonds. The quantitative estimate of drug-likeness (QED) is 0.620. The second kappa shape index (κ2) is 5.62. The summed E-state index contributed by atoms with van der Waals surface area (Å²) >= 11 is 0. The molecule has 0 saturated heterocycles. The predicted molar refractivity (Wildman–Crippen MR) is 70.6 cm³/mol. The fourth-order valence-electron chi connectivity index (χ4n) is 2.52. The third-order valence-corrected chi connectivity index (χ3v) is 4.35. The van der Waals surface area contributed by atoms with Crippen molar-refractivity contribution < 1.29 is 14.7 Å². The van der Waals surface area contributed by atoms with Gasteiger partial charge in [0, 0.05) is 5.92 Å². The predicted octanol–water partition coefficient (Wildman–Crippen LogP) is 2.88. The summed E-state index contributed by atoms with van der Waals surface area (Å²) in [4.78, 5) is 22.0. The van der Waals surface area contributed by atoms with Gasteiger partial charge in [0.2, 0.25) is 0 Å². The molecular weight excluding hydrogens is 232 g/mol. The lowest BCUT2D eigenvalue weighted by Gasteiger charge is -2.31. The van der Waals surface area contributed by atoms with E-state index in [4.69, 9.17) is 5.11 Å². The fraction of sp³-hybridized carbons (Fsp3) is 0.692. The standard InChI is InChI=1S/C13H22O3Si/c1-17(2,3)9-12-10(7-13(15)16)5-4-6-11(12)8-14/h8-11H,4-7H2,1-3H3,(H,15,16)/b12-9-/t10-,11+/m1/s1. The van der Waals surface area contributed by atoms with E-state index in [9.17, 15) is 9.59 Å². The lowest BCUT2D eigenvalue weighted by molar-refractivity contribution is -0.138. The van der Waals surface area contributed by atoms with Crippen LogP contribution in [0.25, 0.3) is 0 Å². The average molecular weight is 254 g/mol. The molecule has 1 rings (SSSR count). The minimum Gasteiger partial charge on any atom is -0.481 e. The lowest BCUT2D eigenvalue weighted by Crippen LogP contribution is -2.27. The second-order valence-electron chi connectivity index (χ2n) is 5.98. The zero-order valence-corrected chi connectivity index (χ0v) is 11.9. The molecule has 1 N–H and O–H groups in total. The van der Waals surface area contributed by atoms with E-state index in [2.05, 4.69) is 25.3 Å².